The highest BCUT2D eigenvalue weighted by Crippen LogP contribution is 2.20. The number of hydrogen-bond donors (Lipinski definition) is 0. The van der Waals surface area contributed by atoms with Crippen LogP contribution in [0.5, 0.6) is 11.5 Å². The average Bonchev–Trinajstić information content (AvgIpc) is 3.02. The molecular weight excluding hydrogens is 386 g/mol. The number of thioether (sulfide) groups is 1. The fraction of sp³-hybridized carbons (Fsp3) is 0.632. The lowest BCUT2D eigenvalue weighted by Crippen LogP contribution is -2.42. The highest BCUT2D eigenvalue weighted by Gasteiger charge is 2.34. The number of nitrogens with zero attached hydrogens (tertiary/aromatic N) is 1. The van der Waals surface area contributed by atoms with Gasteiger partial charge in [0.15, 0.2) is 9.84 Å². The summed E-state index contributed by atoms with van der Waals surface area (Å²) in [4.78, 5) is 14.4. The fourth-order valence-electron chi connectivity index (χ4n) is 2.99. The molecule has 1 fully saturated rings. The van der Waals surface area contributed by atoms with Crippen LogP contribution >= 0.6 is 11.8 Å². The molecule has 0 saturated carbocycles. The molecule has 0 aromatic heterocycles. The smallest absolute Gasteiger partial charge is 0.232 e. The van der Waals surface area contributed by atoms with Crippen LogP contribution in [0.25, 0.3) is 0 Å². The maximum Gasteiger partial charge on any atom is 0.232 e. The Morgan fingerprint density at radius 3 is 2.56 bits per heavy atom. The molecule has 1 aromatic carbocycles. The normalized spacial score (nSPS) is 18.2. The third-order valence-electron chi connectivity index (χ3n) is 4.50. The number of unbranched alkanes of at least 4 members (excludes halogenated alkanes) is 1. The Hall–Kier alpha value is -1.41. The molecule has 1 unspecified atom stereocenters. The van der Waals surface area contributed by atoms with Gasteiger partial charge in [-0.05, 0) is 37.1 Å². The van der Waals surface area contributed by atoms with E-state index in [-0.39, 0.29) is 23.5 Å². The van der Waals surface area contributed by atoms with Gasteiger partial charge in [0.2, 0.25) is 5.91 Å². The summed E-state index contributed by atoms with van der Waals surface area (Å²) in [6.45, 7) is 3.22. The van der Waals surface area contributed by atoms with Gasteiger partial charge in [-0.15, -0.1) is 11.8 Å². The molecule has 1 amide bonds. The second-order valence-corrected chi connectivity index (χ2v) is 9.91. The lowest BCUT2D eigenvalue weighted by Gasteiger charge is -2.28. The van der Waals surface area contributed by atoms with Crippen molar-refractivity contribution >= 4 is 27.5 Å². The summed E-state index contributed by atoms with van der Waals surface area (Å²) >= 11 is 1.52. The Morgan fingerprint density at radius 2 is 1.96 bits per heavy atom. The van der Waals surface area contributed by atoms with Crippen LogP contribution in [-0.4, -0.2) is 68.5 Å². The van der Waals surface area contributed by atoms with Gasteiger partial charge in [-0.2, -0.15) is 0 Å². The second kappa shape index (κ2) is 10.8. The summed E-state index contributed by atoms with van der Waals surface area (Å²) in [6, 6.07) is 7.22. The van der Waals surface area contributed by atoms with Gasteiger partial charge in [0.25, 0.3) is 0 Å². The highest BCUT2D eigenvalue weighted by atomic mass is 32.2. The number of sulfone groups is 1. The first kappa shape index (κ1) is 21.9. The molecule has 0 aliphatic carbocycles. The summed E-state index contributed by atoms with van der Waals surface area (Å²) in [5.74, 6) is 2.92. The first-order valence-electron chi connectivity index (χ1n) is 9.29. The number of methoxy groups -OCH3 is 1. The van der Waals surface area contributed by atoms with Gasteiger partial charge in [0, 0.05) is 18.3 Å². The third-order valence-corrected chi connectivity index (χ3v) is 7.16. The van der Waals surface area contributed by atoms with Crippen molar-refractivity contribution in [2.24, 2.45) is 0 Å². The van der Waals surface area contributed by atoms with E-state index in [1.54, 1.807) is 12.0 Å². The Bertz CT molecular complexity index is 691. The number of rotatable bonds is 11. The van der Waals surface area contributed by atoms with E-state index in [9.17, 15) is 13.2 Å². The van der Waals surface area contributed by atoms with Crippen molar-refractivity contribution in [1.29, 1.82) is 0 Å². The Balaban J connectivity index is 1.74. The van der Waals surface area contributed by atoms with Crippen molar-refractivity contribution in [3.63, 3.8) is 0 Å². The number of carbonyl (C=O) groups is 1. The first-order valence-corrected chi connectivity index (χ1v) is 12.3. The third kappa shape index (κ3) is 7.25. The van der Waals surface area contributed by atoms with Crippen molar-refractivity contribution in [2.45, 2.75) is 32.2 Å². The minimum absolute atomic E-state index is 0.0278. The molecule has 27 heavy (non-hydrogen) atoms. The van der Waals surface area contributed by atoms with E-state index in [0.717, 1.165) is 24.3 Å². The predicted octanol–water partition coefficient (Wildman–Crippen LogP) is 2.62. The van der Waals surface area contributed by atoms with Crippen LogP contribution in [0.4, 0.5) is 0 Å². The van der Waals surface area contributed by atoms with E-state index >= 15 is 0 Å². The number of amides is 1. The zero-order valence-corrected chi connectivity index (χ0v) is 17.7. The van der Waals surface area contributed by atoms with Gasteiger partial charge in [0.1, 0.15) is 11.5 Å². The summed E-state index contributed by atoms with van der Waals surface area (Å²) in [7, 11) is -1.37. The molecule has 0 spiro atoms. The minimum Gasteiger partial charge on any atom is -0.497 e. The van der Waals surface area contributed by atoms with Gasteiger partial charge in [-0.25, -0.2) is 8.42 Å². The maximum atomic E-state index is 12.6. The maximum absolute atomic E-state index is 12.6. The van der Waals surface area contributed by atoms with Crippen LogP contribution in [0.3, 0.4) is 0 Å². The van der Waals surface area contributed by atoms with E-state index in [2.05, 4.69) is 6.92 Å². The van der Waals surface area contributed by atoms with Crippen LogP contribution in [0, 0.1) is 0 Å². The van der Waals surface area contributed by atoms with Gasteiger partial charge in [-0.1, -0.05) is 13.3 Å². The Labute approximate surface area is 166 Å². The number of ether oxygens (including phenoxy) is 2. The van der Waals surface area contributed by atoms with Gasteiger partial charge < -0.3 is 14.4 Å². The van der Waals surface area contributed by atoms with E-state index in [0.29, 0.717) is 31.1 Å². The van der Waals surface area contributed by atoms with Crippen LogP contribution < -0.4 is 9.47 Å². The van der Waals surface area contributed by atoms with Crippen molar-refractivity contribution in [3.05, 3.63) is 24.3 Å². The Kier molecular flexibility index (Phi) is 8.76. The quantitative estimate of drug-likeness (QED) is 0.517. The summed E-state index contributed by atoms with van der Waals surface area (Å²) < 4.78 is 34.3. The number of hydrogen-bond acceptors (Lipinski definition) is 6. The van der Waals surface area contributed by atoms with E-state index < -0.39 is 9.84 Å². The lowest BCUT2D eigenvalue weighted by atomic mass is 10.2. The van der Waals surface area contributed by atoms with Gasteiger partial charge >= 0.3 is 0 Å². The molecule has 1 atom stereocenters. The second-order valence-electron chi connectivity index (χ2n) is 6.57. The molecule has 152 valence electrons. The molecule has 1 aliphatic rings. The van der Waals surface area contributed by atoms with E-state index in [1.165, 1.54) is 11.8 Å². The van der Waals surface area contributed by atoms with E-state index in [1.807, 2.05) is 24.3 Å². The monoisotopic (exact) mass is 415 g/mol. The molecule has 1 heterocycles. The fourth-order valence-corrected chi connectivity index (χ4v) is 5.41. The topological polar surface area (TPSA) is 72.9 Å². The SMILES string of the molecule is CCCCN(C(=O)CSCCOc1ccc(OC)cc1)C1CCS(=O)(=O)C1. The predicted molar refractivity (Wildman–Crippen MR) is 109 cm³/mol. The summed E-state index contributed by atoms with van der Waals surface area (Å²) in [5, 5.41) is 0. The van der Waals surface area contributed by atoms with Crippen LogP contribution in [0.1, 0.15) is 26.2 Å². The molecule has 0 bridgehead atoms. The molecule has 0 radical (unpaired) electrons. The van der Waals surface area contributed by atoms with Crippen LogP contribution in [-0.2, 0) is 14.6 Å². The average molecular weight is 416 g/mol. The van der Waals surface area contributed by atoms with Crippen molar-refractivity contribution in [1.82, 2.24) is 4.90 Å². The number of benzene rings is 1. The minimum atomic E-state index is -2.99. The highest BCUT2D eigenvalue weighted by molar-refractivity contribution is 7.99. The molecule has 1 aliphatic heterocycles. The molecule has 1 saturated heterocycles. The molecular formula is C19H29NO5S2. The summed E-state index contributed by atoms with van der Waals surface area (Å²) in [5.41, 5.74) is 0. The first-order chi connectivity index (χ1) is 12.9. The lowest BCUT2D eigenvalue weighted by molar-refractivity contribution is -0.130. The van der Waals surface area contributed by atoms with E-state index in [4.69, 9.17) is 9.47 Å². The Morgan fingerprint density at radius 1 is 1.26 bits per heavy atom. The molecule has 8 heteroatoms. The van der Waals surface area contributed by atoms with Crippen molar-refractivity contribution in [3.8, 4) is 11.5 Å². The molecule has 2 rings (SSSR count). The van der Waals surface area contributed by atoms with Crippen molar-refractivity contribution < 1.29 is 22.7 Å². The largest absolute Gasteiger partial charge is 0.497 e. The van der Waals surface area contributed by atoms with Crippen LogP contribution in [0.15, 0.2) is 24.3 Å². The van der Waals surface area contributed by atoms with Gasteiger partial charge in [-0.3, -0.25) is 4.79 Å². The standard InChI is InChI=1S/C19H29NO5S2/c1-3-4-10-20(16-9-13-27(22,23)15-16)19(21)14-26-12-11-25-18-7-5-17(24-2)6-8-18/h5-8,16H,3-4,9-15H2,1-2H3. The van der Waals surface area contributed by atoms with Crippen LogP contribution in [0.2, 0.25) is 0 Å². The molecule has 1 aromatic rings. The van der Waals surface area contributed by atoms with Gasteiger partial charge in [0.05, 0.1) is 31.0 Å². The summed E-state index contributed by atoms with van der Waals surface area (Å²) in [6.07, 6.45) is 2.43. The zero-order valence-electron chi connectivity index (χ0n) is 16.1. The molecule has 6 nitrogen and oxygen atoms in total. The van der Waals surface area contributed by atoms with Crippen molar-refractivity contribution in [2.75, 3.05) is 43.3 Å². The zero-order chi connectivity index (χ0) is 19.7. The molecule has 0 N–H and O–H groups in total. The number of carbonyl (C=O) groups excluding carboxylic acids is 1.